The lowest BCUT2D eigenvalue weighted by atomic mass is 9.78. The van der Waals surface area contributed by atoms with E-state index in [9.17, 15) is 19.5 Å². The molecule has 1 saturated carbocycles. The lowest BCUT2D eigenvalue weighted by Crippen LogP contribution is -2.59. The van der Waals surface area contributed by atoms with Gasteiger partial charge in [0.05, 0.1) is 10.8 Å². The van der Waals surface area contributed by atoms with Crippen molar-refractivity contribution < 1.29 is 19.5 Å². The first-order valence-electron chi connectivity index (χ1n) is 17.4. The lowest BCUT2D eigenvalue weighted by molar-refractivity contribution is -0.153. The molecular weight excluding hydrogens is 633 g/mol. The molecule has 8 nitrogen and oxygen atoms in total. The van der Waals surface area contributed by atoms with Crippen LogP contribution in [0.15, 0.2) is 73.1 Å². The van der Waals surface area contributed by atoms with Crippen LogP contribution in [0.25, 0.3) is 22.5 Å². The van der Waals surface area contributed by atoms with E-state index in [0.717, 1.165) is 33.0 Å². The number of amides is 2. The van der Waals surface area contributed by atoms with Crippen LogP contribution in [-0.4, -0.2) is 56.9 Å². The SMILES string of the molecule is CCC1CCC(c2ccc(-c3cnc(-c4ccc(C[C@H](NC(=O)c5ccc(C(C)(C)C)s5)C(=O)N5CC(C(=O)O)C5)cc4)nc3)cc2)CC1. The van der Waals surface area contributed by atoms with E-state index >= 15 is 0 Å². The number of carbonyl (C=O) groups excluding carboxylic acids is 2. The number of aromatic nitrogens is 2. The molecule has 1 saturated heterocycles. The number of hydrogen-bond donors (Lipinski definition) is 2. The van der Waals surface area contributed by atoms with Gasteiger partial charge in [-0.05, 0) is 71.8 Å². The molecule has 3 heterocycles. The zero-order valence-electron chi connectivity index (χ0n) is 28.8. The topological polar surface area (TPSA) is 112 Å². The van der Waals surface area contributed by atoms with Crippen molar-refractivity contribution in [2.75, 3.05) is 13.1 Å². The number of nitrogens with one attached hydrogen (secondary N) is 1. The number of benzene rings is 2. The van der Waals surface area contributed by atoms with Crippen molar-refractivity contribution in [3.63, 3.8) is 0 Å². The highest BCUT2D eigenvalue weighted by Crippen LogP contribution is 2.37. The molecule has 6 rings (SSSR count). The maximum atomic E-state index is 13.5. The van der Waals surface area contributed by atoms with Crippen LogP contribution in [0.3, 0.4) is 0 Å². The number of rotatable bonds is 10. The number of carbonyl (C=O) groups is 3. The van der Waals surface area contributed by atoms with Gasteiger partial charge in [-0.15, -0.1) is 11.3 Å². The van der Waals surface area contributed by atoms with Crippen LogP contribution in [0.4, 0.5) is 0 Å². The van der Waals surface area contributed by atoms with Gasteiger partial charge in [0.15, 0.2) is 5.82 Å². The van der Waals surface area contributed by atoms with Crippen LogP contribution in [0, 0.1) is 11.8 Å². The Kier molecular flexibility index (Phi) is 10.3. The quantitative estimate of drug-likeness (QED) is 0.178. The Hall–Kier alpha value is -4.37. The van der Waals surface area contributed by atoms with Crippen molar-refractivity contribution >= 4 is 29.1 Å². The second-order valence-electron chi connectivity index (χ2n) is 14.7. The summed E-state index contributed by atoms with van der Waals surface area (Å²) in [6.07, 6.45) is 10.5. The number of carboxylic acid groups (broad SMARTS) is 1. The molecule has 2 amide bonds. The molecule has 2 aliphatic rings. The molecule has 2 aromatic heterocycles. The molecule has 0 spiro atoms. The van der Waals surface area contributed by atoms with Gasteiger partial charge in [-0.2, -0.15) is 0 Å². The van der Waals surface area contributed by atoms with Gasteiger partial charge in [0, 0.05) is 47.9 Å². The zero-order chi connectivity index (χ0) is 34.7. The largest absolute Gasteiger partial charge is 0.481 e. The van der Waals surface area contributed by atoms with E-state index in [1.165, 1.54) is 53.9 Å². The van der Waals surface area contributed by atoms with E-state index in [1.54, 1.807) is 6.07 Å². The Morgan fingerprint density at radius 3 is 2.08 bits per heavy atom. The number of carboxylic acids is 1. The average molecular weight is 679 g/mol. The lowest BCUT2D eigenvalue weighted by Gasteiger charge is -2.38. The highest BCUT2D eigenvalue weighted by Gasteiger charge is 2.39. The summed E-state index contributed by atoms with van der Waals surface area (Å²) in [6.45, 7) is 8.87. The Labute approximate surface area is 293 Å². The molecule has 9 heteroatoms. The van der Waals surface area contributed by atoms with Gasteiger partial charge < -0.3 is 15.3 Å². The Bertz CT molecular complexity index is 1760. The third-order valence-electron chi connectivity index (χ3n) is 10.2. The summed E-state index contributed by atoms with van der Waals surface area (Å²) >= 11 is 1.42. The molecule has 0 bridgehead atoms. The summed E-state index contributed by atoms with van der Waals surface area (Å²) in [6, 6.07) is 19.5. The normalized spacial score (nSPS) is 18.8. The molecule has 1 aliphatic heterocycles. The van der Waals surface area contributed by atoms with Gasteiger partial charge in [-0.25, -0.2) is 9.97 Å². The maximum Gasteiger partial charge on any atom is 0.310 e. The van der Waals surface area contributed by atoms with Gasteiger partial charge in [0.2, 0.25) is 5.91 Å². The number of nitrogens with zero attached hydrogens (tertiary/aromatic N) is 3. The van der Waals surface area contributed by atoms with Gasteiger partial charge in [0.25, 0.3) is 5.91 Å². The first kappa shape index (κ1) is 34.5. The summed E-state index contributed by atoms with van der Waals surface area (Å²) in [5, 5.41) is 12.3. The van der Waals surface area contributed by atoms with E-state index < -0.39 is 17.9 Å². The van der Waals surface area contributed by atoms with Crippen molar-refractivity contribution in [3.8, 4) is 22.5 Å². The molecule has 256 valence electrons. The highest BCUT2D eigenvalue weighted by atomic mass is 32.1. The number of hydrogen-bond acceptors (Lipinski definition) is 6. The number of aliphatic carboxylic acids is 1. The Morgan fingerprint density at radius 2 is 1.51 bits per heavy atom. The molecule has 0 radical (unpaired) electrons. The van der Waals surface area contributed by atoms with Crippen LogP contribution in [0.2, 0.25) is 0 Å². The zero-order valence-corrected chi connectivity index (χ0v) is 29.6. The first-order valence-corrected chi connectivity index (χ1v) is 18.2. The Morgan fingerprint density at radius 1 is 0.878 bits per heavy atom. The molecular formula is C40H46N4O4S. The fourth-order valence-corrected chi connectivity index (χ4v) is 7.80. The van der Waals surface area contributed by atoms with E-state index in [2.05, 4.69) is 67.2 Å². The summed E-state index contributed by atoms with van der Waals surface area (Å²) < 4.78 is 0. The molecule has 0 unspecified atom stereocenters. The molecule has 49 heavy (non-hydrogen) atoms. The van der Waals surface area contributed by atoms with E-state index in [1.807, 2.05) is 42.7 Å². The van der Waals surface area contributed by atoms with Crippen LogP contribution in [0.5, 0.6) is 0 Å². The van der Waals surface area contributed by atoms with E-state index in [4.69, 9.17) is 0 Å². The first-order chi connectivity index (χ1) is 23.5. The smallest absolute Gasteiger partial charge is 0.310 e. The summed E-state index contributed by atoms with van der Waals surface area (Å²) in [5.74, 6) is 0.0691. The third-order valence-corrected chi connectivity index (χ3v) is 11.7. The molecule has 4 aromatic rings. The molecule has 1 atom stereocenters. The third kappa shape index (κ3) is 8.10. The summed E-state index contributed by atoms with van der Waals surface area (Å²) in [5.41, 5.74) is 5.11. The molecule has 2 N–H and O–H groups in total. The standard InChI is InChI=1S/C40H46N4O4S/c1-5-25-6-10-27(11-7-25)28-14-16-29(17-15-28)31-21-41-36(42-22-31)30-12-8-26(9-13-30)20-33(38(46)44-23-32(24-44)39(47)48)43-37(45)34-18-19-35(49-34)40(2,3)4/h8-9,12-19,21-22,25,27,32-33H,5-7,10-11,20,23-24H2,1-4H3,(H,43,45)(H,47,48)/t25?,27?,33-/m0/s1. The van der Waals surface area contributed by atoms with Crippen molar-refractivity contribution in [2.45, 2.75) is 83.6 Å². The minimum absolute atomic E-state index is 0.0911. The highest BCUT2D eigenvalue weighted by molar-refractivity contribution is 7.14. The fraction of sp³-hybridized carbons (Fsp3) is 0.425. The minimum atomic E-state index is -0.915. The van der Waals surface area contributed by atoms with Crippen LogP contribution < -0.4 is 5.32 Å². The monoisotopic (exact) mass is 678 g/mol. The second-order valence-corrected chi connectivity index (χ2v) is 15.7. The molecule has 1 aliphatic carbocycles. The predicted octanol–water partition coefficient (Wildman–Crippen LogP) is 7.74. The summed E-state index contributed by atoms with van der Waals surface area (Å²) in [7, 11) is 0. The molecule has 2 aromatic carbocycles. The van der Waals surface area contributed by atoms with Crippen molar-refractivity contribution in [3.05, 3.63) is 93.9 Å². The molecule has 2 fully saturated rings. The van der Waals surface area contributed by atoms with Crippen molar-refractivity contribution in [1.82, 2.24) is 20.2 Å². The number of thiophene rings is 1. The minimum Gasteiger partial charge on any atom is -0.481 e. The second kappa shape index (κ2) is 14.6. The van der Waals surface area contributed by atoms with Gasteiger partial charge in [-0.1, -0.05) is 82.6 Å². The van der Waals surface area contributed by atoms with Crippen LogP contribution in [0.1, 0.15) is 91.4 Å². The summed E-state index contributed by atoms with van der Waals surface area (Å²) in [4.78, 5) is 50.6. The average Bonchev–Trinajstić information content (AvgIpc) is 3.60. The number of likely N-dealkylation sites (tertiary alicyclic amines) is 1. The van der Waals surface area contributed by atoms with Gasteiger partial charge in [0.1, 0.15) is 6.04 Å². The van der Waals surface area contributed by atoms with Crippen molar-refractivity contribution in [1.29, 1.82) is 0 Å². The fourth-order valence-electron chi connectivity index (χ4n) is 6.83. The van der Waals surface area contributed by atoms with Crippen LogP contribution >= 0.6 is 11.3 Å². The Balaban J connectivity index is 1.11. The van der Waals surface area contributed by atoms with E-state index in [-0.39, 0.29) is 36.7 Å². The predicted molar refractivity (Wildman–Crippen MR) is 194 cm³/mol. The maximum absolute atomic E-state index is 13.5. The van der Waals surface area contributed by atoms with E-state index in [0.29, 0.717) is 16.6 Å². The van der Waals surface area contributed by atoms with Crippen molar-refractivity contribution in [2.24, 2.45) is 11.8 Å². The van der Waals surface area contributed by atoms with Gasteiger partial charge in [-0.3, -0.25) is 14.4 Å². The van der Waals surface area contributed by atoms with Crippen LogP contribution in [-0.2, 0) is 21.4 Å². The van der Waals surface area contributed by atoms with Gasteiger partial charge >= 0.3 is 5.97 Å².